The van der Waals surface area contributed by atoms with E-state index in [0.717, 1.165) is 12.0 Å². The fraction of sp³-hybridized carbons (Fsp3) is 0.615. The molecule has 94 valence electrons. The second kappa shape index (κ2) is 4.69. The molecule has 4 heteroatoms. The molecule has 17 heavy (non-hydrogen) atoms. The molecule has 1 aromatic rings. The zero-order valence-corrected chi connectivity index (χ0v) is 9.83. The highest BCUT2D eigenvalue weighted by atomic mass is 19.3. The molecule has 2 rings (SSSR count). The number of halogens is 2. The maximum absolute atomic E-state index is 13.2. The van der Waals surface area contributed by atoms with Crippen LogP contribution in [0.4, 0.5) is 8.78 Å². The highest BCUT2D eigenvalue weighted by molar-refractivity contribution is 5.13. The number of alkyl halides is 2. The Labute approximate surface area is 100 Å². The van der Waals surface area contributed by atoms with Crippen LogP contribution in [0, 0.1) is 5.41 Å². The van der Waals surface area contributed by atoms with Gasteiger partial charge in [-0.25, -0.2) is 8.78 Å². The van der Waals surface area contributed by atoms with Gasteiger partial charge in [0.25, 0.3) is 0 Å². The molecule has 0 bridgehead atoms. The number of aromatic nitrogens is 1. The summed E-state index contributed by atoms with van der Waals surface area (Å²) in [5, 5.41) is 0. The first-order chi connectivity index (χ1) is 8.05. The molecule has 0 aromatic carbocycles. The van der Waals surface area contributed by atoms with Crippen LogP contribution in [-0.4, -0.2) is 17.5 Å². The molecule has 0 radical (unpaired) electrons. The van der Waals surface area contributed by atoms with E-state index in [4.69, 9.17) is 5.73 Å². The van der Waals surface area contributed by atoms with Crippen LogP contribution in [0.15, 0.2) is 24.5 Å². The molecule has 1 aromatic heterocycles. The van der Waals surface area contributed by atoms with E-state index in [9.17, 15) is 8.78 Å². The second-order valence-corrected chi connectivity index (χ2v) is 5.09. The summed E-state index contributed by atoms with van der Waals surface area (Å²) in [5.74, 6) is -2.49. The molecule has 2 N–H and O–H groups in total. The van der Waals surface area contributed by atoms with Crippen LogP contribution in [0.2, 0.25) is 0 Å². The molecule has 1 saturated carbocycles. The molecule has 0 atom stereocenters. The van der Waals surface area contributed by atoms with Crippen LogP contribution >= 0.6 is 0 Å². The predicted molar refractivity (Wildman–Crippen MR) is 62.8 cm³/mol. The monoisotopic (exact) mass is 240 g/mol. The van der Waals surface area contributed by atoms with E-state index in [2.05, 4.69) is 4.98 Å². The Hall–Kier alpha value is -1.03. The molecule has 2 nitrogen and oxygen atoms in total. The zero-order chi connectivity index (χ0) is 12.4. The van der Waals surface area contributed by atoms with Crippen LogP contribution in [0.25, 0.3) is 0 Å². The van der Waals surface area contributed by atoms with E-state index in [0.29, 0.717) is 19.4 Å². The molecular formula is C13H18F2N2. The van der Waals surface area contributed by atoms with Gasteiger partial charge in [-0.3, -0.25) is 4.98 Å². The maximum atomic E-state index is 13.2. The number of nitrogens with zero attached hydrogens (tertiary/aromatic N) is 1. The average molecular weight is 240 g/mol. The van der Waals surface area contributed by atoms with E-state index in [1.165, 1.54) is 0 Å². The van der Waals surface area contributed by atoms with Crippen molar-refractivity contribution in [2.45, 2.75) is 38.0 Å². The van der Waals surface area contributed by atoms with Crippen LogP contribution in [0.1, 0.15) is 31.2 Å². The molecule has 1 fully saturated rings. The van der Waals surface area contributed by atoms with E-state index < -0.39 is 5.92 Å². The fourth-order valence-electron chi connectivity index (χ4n) is 2.53. The largest absolute Gasteiger partial charge is 0.330 e. The standard InChI is InChI=1S/C13H18F2N2/c14-13(15)5-3-12(10-16,4-6-13)9-11-1-7-17-8-2-11/h1-2,7-8H,3-6,9-10,16H2. The van der Waals surface area contributed by atoms with Gasteiger partial charge in [-0.2, -0.15) is 0 Å². The molecule has 0 spiro atoms. The molecular weight excluding hydrogens is 222 g/mol. The lowest BCUT2D eigenvalue weighted by Crippen LogP contribution is -2.40. The number of nitrogens with two attached hydrogens (primary N) is 1. The Kier molecular flexibility index (Phi) is 3.43. The van der Waals surface area contributed by atoms with Crippen molar-refractivity contribution in [2.24, 2.45) is 11.1 Å². The van der Waals surface area contributed by atoms with Gasteiger partial charge in [0.1, 0.15) is 0 Å². The van der Waals surface area contributed by atoms with Crippen molar-refractivity contribution in [3.8, 4) is 0 Å². The van der Waals surface area contributed by atoms with Crippen LogP contribution in [-0.2, 0) is 6.42 Å². The molecule has 0 saturated heterocycles. The third-order valence-electron chi connectivity index (χ3n) is 3.80. The summed E-state index contributed by atoms with van der Waals surface area (Å²) in [6.07, 6.45) is 5.21. The number of hydrogen-bond acceptors (Lipinski definition) is 2. The number of pyridine rings is 1. The fourth-order valence-corrected chi connectivity index (χ4v) is 2.53. The van der Waals surface area contributed by atoms with Gasteiger partial charge < -0.3 is 5.73 Å². The first kappa shape index (κ1) is 12.4. The average Bonchev–Trinajstić information content (AvgIpc) is 2.34. The van der Waals surface area contributed by atoms with Gasteiger partial charge in [-0.1, -0.05) is 0 Å². The van der Waals surface area contributed by atoms with Gasteiger partial charge in [0, 0.05) is 25.2 Å². The highest BCUT2D eigenvalue weighted by Gasteiger charge is 2.42. The SMILES string of the molecule is NCC1(Cc2ccncc2)CCC(F)(F)CC1. The summed E-state index contributed by atoms with van der Waals surface area (Å²) in [6, 6.07) is 3.87. The third kappa shape index (κ3) is 3.00. The summed E-state index contributed by atoms with van der Waals surface area (Å²) in [7, 11) is 0. The minimum absolute atomic E-state index is 0.0325. The normalized spacial score (nSPS) is 22.3. The first-order valence-electron chi connectivity index (χ1n) is 6.02. The van der Waals surface area contributed by atoms with Crippen molar-refractivity contribution < 1.29 is 8.78 Å². The quantitative estimate of drug-likeness (QED) is 0.882. The van der Waals surface area contributed by atoms with E-state index in [-0.39, 0.29) is 18.3 Å². The molecule has 0 amide bonds. The Morgan fingerprint density at radius 2 is 1.71 bits per heavy atom. The zero-order valence-electron chi connectivity index (χ0n) is 9.83. The number of rotatable bonds is 3. The molecule has 1 heterocycles. The van der Waals surface area contributed by atoms with Gasteiger partial charge in [-0.05, 0) is 48.9 Å². The molecule has 0 aliphatic heterocycles. The van der Waals surface area contributed by atoms with E-state index in [1.54, 1.807) is 12.4 Å². The Morgan fingerprint density at radius 3 is 2.24 bits per heavy atom. The molecule has 1 aliphatic carbocycles. The molecule has 0 unspecified atom stereocenters. The lowest BCUT2D eigenvalue weighted by atomic mass is 9.69. The summed E-state index contributed by atoms with van der Waals surface area (Å²) in [6.45, 7) is 0.478. The van der Waals surface area contributed by atoms with Gasteiger partial charge in [-0.15, -0.1) is 0 Å². The maximum Gasteiger partial charge on any atom is 0.248 e. The van der Waals surface area contributed by atoms with Crippen molar-refractivity contribution in [2.75, 3.05) is 6.54 Å². The minimum atomic E-state index is -2.49. The topological polar surface area (TPSA) is 38.9 Å². The van der Waals surface area contributed by atoms with Gasteiger partial charge >= 0.3 is 0 Å². The van der Waals surface area contributed by atoms with Crippen molar-refractivity contribution >= 4 is 0 Å². The lowest BCUT2D eigenvalue weighted by Gasteiger charge is -2.39. The van der Waals surface area contributed by atoms with Crippen LogP contribution < -0.4 is 5.73 Å². The van der Waals surface area contributed by atoms with Gasteiger partial charge in [0.05, 0.1) is 0 Å². The van der Waals surface area contributed by atoms with Crippen LogP contribution in [0.5, 0.6) is 0 Å². The van der Waals surface area contributed by atoms with Crippen molar-refractivity contribution in [3.05, 3.63) is 30.1 Å². The Bertz CT molecular complexity index is 355. The number of hydrogen-bond donors (Lipinski definition) is 1. The van der Waals surface area contributed by atoms with Crippen LogP contribution in [0.3, 0.4) is 0 Å². The smallest absolute Gasteiger partial charge is 0.248 e. The van der Waals surface area contributed by atoms with Crippen molar-refractivity contribution in [3.63, 3.8) is 0 Å². The van der Waals surface area contributed by atoms with E-state index >= 15 is 0 Å². The summed E-state index contributed by atoms with van der Waals surface area (Å²) >= 11 is 0. The Morgan fingerprint density at radius 1 is 1.12 bits per heavy atom. The second-order valence-electron chi connectivity index (χ2n) is 5.09. The summed E-state index contributed by atoms with van der Waals surface area (Å²) in [5.41, 5.74) is 6.80. The molecule has 1 aliphatic rings. The summed E-state index contributed by atoms with van der Waals surface area (Å²) in [4.78, 5) is 3.96. The van der Waals surface area contributed by atoms with Crippen molar-refractivity contribution in [1.29, 1.82) is 0 Å². The lowest BCUT2D eigenvalue weighted by molar-refractivity contribution is -0.0652. The van der Waals surface area contributed by atoms with Crippen molar-refractivity contribution in [1.82, 2.24) is 4.98 Å². The highest BCUT2D eigenvalue weighted by Crippen LogP contribution is 2.44. The van der Waals surface area contributed by atoms with E-state index in [1.807, 2.05) is 12.1 Å². The predicted octanol–water partition coefficient (Wildman–Crippen LogP) is 2.78. The van der Waals surface area contributed by atoms with Gasteiger partial charge in [0.15, 0.2) is 0 Å². The van der Waals surface area contributed by atoms with Gasteiger partial charge in [0.2, 0.25) is 5.92 Å². The minimum Gasteiger partial charge on any atom is -0.330 e. The Balaban J connectivity index is 2.06. The third-order valence-corrected chi connectivity index (χ3v) is 3.80. The summed E-state index contributed by atoms with van der Waals surface area (Å²) < 4.78 is 26.3. The first-order valence-corrected chi connectivity index (χ1v) is 6.02.